The van der Waals surface area contributed by atoms with Crippen molar-refractivity contribution in [1.82, 2.24) is 0 Å². The first-order chi connectivity index (χ1) is 9.71. The van der Waals surface area contributed by atoms with Crippen LogP contribution in [0.3, 0.4) is 0 Å². The summed E-state index contributed by atoms with van der Waals surface area (Å²) in [5.41, 5.74) is -0.615. The van der Waals surface area contributed by atoms with E-state index in [2.05, 4.69) is 0 Å². The summed E-state index contributed by atoms with van der Waals surface area (Å²) in [7, 11) is 0. The standard InChI is InChI=1S/C15H18ClF3O2/c1-14(2)6-5-11(21-14)9-20-13-4-3-10(8-16)7-12(13)15(17,18)19/h3-4,7,11H,5-6,8-9H2,1-2H3. The van der Waals surface area contributed by atoms with Crippen molar-refractivity contribution in [3.8, 4) is 5.75 Å². The summed E-state index contributed by atoms with van der Waals surface area (Å²) >= 11 is 5.59. The third-order valence-electron chi connectivity index (χ3n) is 3.48. The molecule has 6 heteroatoms. The van der Waals surface area contributed by atoms with Crippen LogP contribution in [0.25, 0.3) is 0 Å². The molecular weight excluding hydrogens is 305 g/mol. The summed E-state index contributed by atoms with van der Waals surface area (Å²) in [6.07, 6.45) is -2.98. The Bertz CT molecular complexity index is 500. The van der Waals surface area contributed by atoms with Crippen molar-refractivity contribution < 1.29 is 22.6 Å². The van der Waals surface area contributed by atoms with Crippen molar-refractivity contribution in [2.45, 2.75) is 50.5 Å². The first-order valence-corrected chi connectivity index (χ1v) is 7.31. The lowest BCUT2D eigenvalue weighted by Crippen LogP contribution is -2.24. The van der Waals surface area contributed by atoms with E-state index >= 15 is 0 Å². The second-order valence-corrected chi connectivity index (χ2v) is 6.08. The summed E-state index contributed by atoms with van der Waals surface area (Å²) in [5.74, 6) is -0.145. The molecule has 1 fully saturated rings. The largest absolute Gasteiger partial charge is 0.490 e. The molecule has 0 N–H and O–H groups in total. The topological polar surface area (TPSA) is 18.5 Å². The molecule has 0 radical (unpaired) electrons. The van der Waals surface area contributed by atoms with Crippen molar-refractivity contribution >= 4 is 11.6 Å². The van der Waals surface area contributed by atoms with E-state index in [9.17, 15) is 13.2 Å². The van der Waals surface area contributed by atoms with Gasteiger partial charge in [0.05, 0.1) is 17.3 Å². The van der Waals surface area contributed by atoms with Crippen molar-refractivity contribution in [2.24, 2.45) is 0 Å². The van der Waals surface area contributed by atoms with Crippen LogP contribution in [-0.2, 0) is 16.8 Å². The maximum absolute atomic E-state index is 13.0. The average Bonchev–Trinajstić information content (AvgIpc) is 2.74. The van der Waals surface area contributed by atoms with Gasteiger partial charge in [-0.05, 0) is 44.4 Å². The van der Waals surface area contributed by atoms with Gasteiger partial charge in [0.1, 0.15) is 12.4 Å². The first-order valence-electron chi connectivity index (χ1n) is 6.78. The Balaban J connectivity index is 2.09. The number of halogens is 4. The first kappa shape index (κ1) is 16.4. The van der Waals surface area contributed by atoms with Crippen LogP contribution in [0.5, 0.6) is 5.75 Å². The lowest BCUT2D eigenvalue weighted by atomic mass is 10.1. The number of alkyl halides is 4. The Hall–Kier alpha value is -0.940. The van der Waals surface area contributed by atoms with Crippen LogP contribution in [0.15, 0.2) is 18.2 Å². The molecule has 1 aliphatic rings. The van der Waals surface area contributed by atoms with Gasteiger partial charge in [0, 0.05) is 5.88 Å². The molecule has 0 aromatic heterocycles. The van der Waals surface area contributed by atoms with E-state index in [0.29, 0.717) is 5.56 Å². The molecule has 2 nitrogen and oxygen atoms in total. The second-order valence-electron chi connectivity index (χ2n) is 5.81. The van der Waals surface area contributed by atoms with Crippen LogP contribution in [0.4, 0.5) is 13.2 Å². The van der Waals surface area contributed by atoms with Crippen molar-refractivity contribution in [1.29, 1.82) is 0 Å². The molecule has 1 aliphatic heterocycles. The maximum atomic E-state index is 13.0. The van der Waals surface area contributed by atoms with Gasteiger partial charge in [-0.3, -0.25) is 0 Å². The quantitative estimate of drug-likeness (QED) is 0.743. The highest BCUT2D eigenvalue weighted by molar-refractivity contribution is 6.17. The van der Waals surface area contributed by atoms with E-state index < -0.39 is 11.7 Å². The number of hydrogen-bond donors (Lipinski definition) is 0. The van der Waals surface area contributed by atoms with Gasteiger partial charge >= 0.3 is 6.18 Å². The highest BCUT2D eigenvalue weighted by Gasteiger charge is 2.36. The minimum atomic E-state index is -4.47. The van der Waals surface area contributed by atoms with Gasteiger partial charge in [-0.1, -0.05) is 6.07 Å². The molecule has 0 amide bonds. The molecular formula is C15H18ClF3O2. The molecule has 21 heavy (non-hydrogen) atoms. The molecule has 0 bridgehead atoms. The van der Waals surface area contributed by atoms with Gasteiger partial charge in [0.25, 0.3) is 0 Å². The van der Waals surface area contributed by atoms with Crippen molar-refractivity contribution in [2.75, 3.05) is 6.61 Å². The predicted octanol–water partition coefficient (Wildman–Crippen LogP) is 4.78. The molecule has 0 spiro atoms. The third-order valence-corrected chi connectivity index (χ3v) is 3.79. The Morgan fingerprint density at radius 3 is 2.62 bits per heavy atom. The molecule has 118 valence electrons. The molecule has 1 aromatic rings. The van der Waals surface area contributed by atoms with Gasteiger partial charge in [0.2, 0.25) is 0 Å². The monoisotopic (exact) mass is 322 g/mol. The number of hydrogen-bond acceptors (Lipinski definition) is 2. The molecule has 0 aliphatic carbocycles. The lowest BCUT2D eigenvalue weighted by Gasteiger charge is -2.20. The van der Waals surface area contributed by atoms with Gasteiger partial charge in [-0.25, -0.2) is 0 Å². The lowest BCUT2D eigenvalue weighted by molar-refractivity contribution is -0.139. The highest BCUT2D eigenvalue weighted by Crippen LogP contribution is 2.38. The average molecular weight is 323 g/mol. The van der Waals surface area contributed by atoms with Gasteiger partial charge < -0.3 is 9.47 Å². The minimum absolute atomic E-state index is 0.0310. The summed E-state index contributed by atoms with van der Waals surface area (Å²) < 4.78 is 50.2. The van der Waals surface area contributed by atoms with Gasteiger partial charge in [-0.2, -0.15) is 13.2 Å². The van der Waals surface area contributed by atoms with Crippen LogP contribution in [0.2, 0.25) is 0 Å². The predicted molar refractivity (Wildman–Crippen MR) is 74.7 cm³/mol. The van der Waals surface area contributed by atoms with Crippen molar-refractivity contribution in [3.05, 3.63) is 29.3 Å². The molecule has 1 heterocycles. The summed E-state index contributed by atoms with van der Waals surface area (Å²) in [6, 6.07) is 3.89. The van der Waals surface area contributed by atoms with Crippen LogP contribution >= 0.6 is 11.6 Å². The normalized spacial score (nSPS) is 21.5. The Kier molecular flexibility index (Phi) is 4.73. The maximum Gasteiger partial charge on any atom is 0.419 e. The van der Waals surface area contributed by atoms with E-state index in [1.54, 1.807) is 0 Å². The number of rotatable bonds is 4. The van der Waals surface area contributed by atoms with Crippen LogP contribution in [-0.4, -0.2) is 18.3 Å². The smallest absolute Gasteiger partial charge is 0.419 e. The Labute approximate surface area is 127 Å². The SMILES string of the molecule is CC1(C)CCC(COc2ccc(CCl)cc2C(F)(F)F)O1. The molecule has 0 saturated carbocycles. The van der Waals surface area contributed by atoms with Gasteiger partial charge in [-0.15, -0.1) is 11.6 Å². The molecule has 1 atom stereocenters. The second kappa shape index (κ2) is 6.05. The fourth-order valence-corrected chi connectivity index (χ4v) is 2.55. The van der Waals surface area contributed by atoms with Crippen LogP contribution in [0.1, 0.15) is 37.8 Å². The van der Waals surface area contributed by atoms with E-state index in [0.717, 1.165) is 18.9 Å². The van der Waals surface area contributed by atoms with Crippen LogP contribution in [0, 0.1) is 0 Å². The fourth-order valence-electron chi connectivity index (χ4n) is 2.39. The van der Waals surface area contributed by atoms with E-state index in [-0.39, 0.29) is 29.9 Å². The van der Waals surface area contributed by atoms with E-state index in [1.165, 1.54) is 12.1 Å². The zero-order chi connectivity index (χ0) is 15.7. The van der Waals surface area contributed by atoms with E-state index in [1.807, 2.05) is 13.8 Å². The zero-order valence-corrected chi connectivity index (χ0v) is 12.7. The zero-order valence-electron chi connectivity index (χ0n) is 12.0. The summed E-state index contributed by atoms with van der Waals surface area (Å²) in [6.45, 7) is 4.04. The number of ether oxygens (including phenoxy) is 2. The van der Waals surface area contributed by atoms with E-state index in [4.69, 9.17) is 21.1 Å². The van der Waals surface area contributed by atoms with Gasteiger partial charge in [0.15, 0.2) is 0 Å². The van der Waals surface area contributed by atoms with Crippen LogP contribution < -0.4 is 4.74 Å². The Morgan fingerprint density at radius 1 is 1.38 bits per heavy atom. The van der Waals surface area contributed by atoms with Crippen molar-refractivity contribution in [3.63, 3.8) is 0 Å². The molecule has 1 saturated heterocycles. The highest BCUT2D eigenvalue weighted by atomic mass is 35.5. The molecule has 2 rings (SSSR count). The summed E-state index contributed by atoms with van der Waals surface area (Å²) in [4.78, 5) is 0. The number of benzene rings is 1. The third kappa shape index (κ3) is 4.27. The minimum Gasteiger partial charge on any atom is -0.490 e. The molecule has 1 unspecified atom stereocenters. The Morgan fingerprint density at radius 2 is 2.10 bits per heavy atom. The summed E-state index contributed by atoms with van der Waals surface area (Å²) in [5, 5.41) is 0. The molecule has 1 aromatic carbocycles. The fraction of sp³-hybridized carbons (Fsp3) is 0.600.